The molecule has 0 atom stereocenters. The number of hydrogen-bond acceptors (Lipinski definition) is 6. The van der Waals surface area contributed by atoms with E-state index in [0.29, 0.717) is 22.5 Å². The van der Waals surface area contributed by atoms with Crippen LogP contribution in [-0.2, 0) is 0 Å². The normalized spacial score (nSPS) is 18.6. The number of aliphatic hydroxyl groups excluding tert-OH is 1. The summed E-state index contributed by atoms with van der Waals surface area (Å²) in [6, 6.07) is 17.7. The number of rotatable bonds is 6. The van der Waals surface area contributed by atoms with Crippen molar-refractivity contribution in [3.8, 4) is 17.0 Å². The zero-order valence-electron chi connectivity index (χ0n) is 16.8. The fourth-order valence-corrected chi connectivity index (χ4v) is 3.89. The van der Waals surface area contributed by atoms with E-state index in [1.807, 2.05) is 48.5 Å². The summed E-state index contributed by atoms with van der Waals surface area (Å²) >= 11 is 6.26. The van der Waals surface area contributed by atoms with Crippen LogP contribution in [0.25, 0.3) is 11.3 Å². The van der Waals surface area contributed by atoms with E-state index in [2.05, 4.69) is 15.6 Å². The Morgan fingerprint density at radius 1 is 1.00 bits per heavy atom. The van der Waals surface area contributed by atoms with E-state index in [1.165, 1.54) is 0 Å². The molecule has 156 valence electrons. The summed E-state index contributed by atoms with van der Waals surface area (Å²) < 4.78 is 5.23. The summed E-state index contributed by atoms with van der Waals surface area (Å²) in [7, 11) is 1.59. The molecule has 7 heteroatoms. The van der Waals surface area contributed by atoms with Gasteiger partial charge in [0.05, 0.1) is 23.9 Å². The van der Waals surface area contributed by atoms with Crippen LogP contribution in [0.15, 0.2) is 54.6 Å². The molecule has 6 nitrogen and oxygen atoms in total. The van der Waals surface area contributed by atoms with Crippen LogP contribution >= 0.6 is 11.6 Å². The molecule has 1 aliphatic carbocycles. The summed E-state index contributed by atoms with van der Waals surface area (Å²) in [6.45, 7) is 0. The van der Waals surface area contributed by atoms with Gasteiger partial charge in [0, 0.05) is 23.4 Å². The fourth-order valence-electron chi connectivity index (χ4n) is 3.63. The van der Waals surface area contributed by atoms with Gasteiger partial charge in [-0.2, -0.15) is 4.98 Å². The first-order valence-corrected chi connectivity index (χ1v) is 10.5. The second-order valence-corrected chi connectivity index (χ2v) is 7.86. The predicted molar refractivity (Wildman–Crippen MR) is 121 cm³/mol. The van der Waals surface area contributed by atoms with E-state index >= 15 is 0 Å². The quantitative estimate of drug-likeness (QED) is 0.500. The van der Waals surface area contributed by atoms with Crippen LogP contribution in [0.2, 0.25) is 5.02 Å². The highest BCUT2D eigenvalue weighted by atomic mass is 35.5. The maximum absolute atomic E-state index is 9.77. The molecule has 1 aliphatic rings. The molecule has 30 heavy (non-hydrogen) atoms. The lowest BCUT2D eigenvalue weighted by molar-refractivity contribution is 0.126. The Hall–Kier alpha value is -2.83. The minimum Gasteiger partial charge on any atom is -0.495 e. The first-order chi connectivity index (χ1) is 14.6. The number of nitrogens with zero attached hydrogens (tertiary/aromatic N) is 2. The van der Waals surface area contributed by atoms with E-state index in [9.17, 15) is 5.11 Å². The number of nitrogens with one attached hydrogen (secondary N) is 2. The average molecular weight is 425 g/mol. The maximum atomic E-state index is 9.77. The van der Waals surface area contributed by atoms with Crippen LogP contribution in [0.3, 0.4) is 0 Å². The molecule has 1 aromatic heterocycles. The molecule has 1 saturated carbocycles. The van der Waals surface area contributed by atoms with Crippen molar-refractivity contribution in [1.29, 1.82) is 0 Å². The molecule has 3 aromatic rings. The second kappa shape index (κ2) is 9.32. The Morgan fingerprint density at radius 2 is 1.77 bits per heavy atom. The van der Waals surface area contributed by atoms with Gasteiger partial charge in [0.25, 0.3) is 0 Å². The first kappa shape index (κ1) is 20.4. The standard InChI is InChI=1S/C23H25ClN4O2/c1-30-21-12-9-17(13-19(21)24)25-22-14-20(15-5-3-2-4-6-15)27-23(28-22)26-16-7-10-18(29)11-8-16/h2-6,9,12-14,16,18,29H,7-8,10-11H2,1H3,(H2,25,26,27,28). The lowest BCUT2D eigenvalue weighted by Crippen LogP contribution is -2.29. The summed E-state index contributed by atoms with van der Waals surface area (Å²) in [4.78, 5) is 9.40. The monoisotopic (exact) mass is 424 g/mol. The van der Waals surface area contributed by atoms with Crippen LogP contribution in [0.1, 0.15) is 25.7 Å². The largest absolute Gasteiger partial charge is 0.495 e. The van der Waals surface area contributed by atoms with Crippen molar-refractivity contribution >= 4 is 29.1 Å². The van der Waals surface area contributed by atoms with E-state index in [0.717, 1.165) is 42.6 Å². The number of anilines is 3. The molecule has 1 fully saturated rings. The van der Waals surface area contributed by atoms with Gasteiger partial charge >= 0.3 is 0 Å². The van der Waals surface area contributed by atoms with Crippen molar-refractivity contribution in [3.05, 3.63) is 59.6 Å². The lowest BCUT2D eigenvalue weighted by Gasteiger charge is -2.26. The van der Waals surface area contributed by atoms with Crippen molar-refractivity contribution in [3.63, 3.8) is 0 Å². The summed E-state index contributed by atoms with van der Waals surface area (Å²) in [5, 5.41) is 17.1. The molecule has 1 heterocycles. The first-order valence-electron chi connectivity index (χ1n) is 10.1. The van der Waals surface area contributed by atoms with Gasteiger partial charge in [-0.05, 0) is 43.9 Å². The Bertz CT molecular complexity index is 992. The Balaban J connectivity index is 1.62. The number of benzene rings is 2. The number of hydrogen-bond donors (Lipinski definition) is 3. The van der Waals surface area contributed by atoms with Gasteiger partial charge in [0.15, 0.2) is 0 Å². The SMILES string of the molecule is COc1ccc(Nc2cc(-c3ccccc3)nc(NC3CCC(O)CC3)n2)cc1Cl. The third-order valence-corrected chi connectivity index (χ3v) is 5.55. The van der Waals surface area contributed by atoms with Crippen LogP contribution in [0.5, 0.6) is 5.75 Å². The van der Waals surface area contributed by atoms with Gasteiger partial charge in [-0.15, -0.1) is 0 Å². The third-order valence-electron chi connectivity index (χ3n) is 5.25. The average Bonchev–Trinajstić information content (AvgIpc) is 2.76. The van der Waals surface area contributed by atoms with Crippen molar-refractivity contribution in [2.45, 2.75) is 37.8 Å². The number of methoxy groups -OCH3 is 1. The fraction of sp³-hybridized carbons (Fsp3) is 0.304. The molecule has 2 aromatic carbocycles. The molecule has 4 rings (SSSR count). The van der Waals surface area contributed by atoms with Gasteiger partial charge < -0.3 is 20.5 Å². The van der Waals surface area contributed by atoms with Gasteiger partial charge in [0.1, 0.15) is 11.6 Å². The topological polar surface area (TPSA) is 79.3 Å². The van der Waals surface area contributed by atoms with Crippen molar-refractivity contribution in [2.75, 3.05) is 17.7 Å². The number of aliphatic hydroxyl groups is 1. The highest BCUT2D eigenvalue weighted by Gasteiger charge is 2.20. The molecule has 0 aliphatic heterocycles. The third kappa shape index (κ3) is 5.01. The summed E-state index contributed by atoms with van der Waals surface area (Å²) in [5.41, 5.74) is 2.65. The smallest absolute Gasteiger partial charge is 0.225 e. The van der Waals surface area contributed by atoms with E-state index in [4.69, 9.17) is 21.3 Å². The van der Waals surface area contributed by atoms with Gasteiger partial charge in [-0.3, -0.25) is 0 Å². The van der Waals surface area contributed by atoms with Crippen LogP contribution in [-0.4, -0.2) is 34.3 Å². The molecule has 0 amide bonds. The molecular weight excluding hydrogens is 400 g/mol. The highest BCUT2D eigenvalue weighted by Crippen LogP contribution is 2.30. The number of aromatic nitrogens is 2. The second-order valence-electron chi connectivity index (χ2n) is 7.45. The van der Waals surface area contributed by atoms with Crippen molar-refractivity contribution in [1.82, 2.24) is 9.97 Å². The number of ether oxygens (including phenoxy) is 1. The highest BCUT2D eigenvalue weighted by molar-refractivity contribution is 6.32. The summed E-state index contributed by atoms with van der Waals surface area (Å²) in [6.07, 6.45) is 3.20. The van der Waals surface area contributed by atoms with Crippen LogP contribution < -0.4 is 15.4 Å². The van der Waals surface area contributed by atoms with Crippen molar-refractivity contribution in [2.24, 2.45) is 0 Å². The Kier molecular flexibility index (Phi) is 6.35. The molecule has 0 unspecified atom stereocenters. The molecule has 0 radical (unpaired) electrons. The molecule has 3 N–H and O–H groups in total. The Labute approximate surface area is 181 Å². The minimum absolute atomic E-state index is 0.198. The van der Waals surface area contributed by atoms with E-state index < -0.39 is 0 Å². The van der Waals surface area contributed by atoms with Gasteiger partial charge in [0.2, 0.25) is 5.95 Å². The molecule has 0 bridgehead atoms. The molecular formula is C23H25ClN4O2. The zero-order chi connectivity index (χ0) is 20.9. The van der Waals surface area contributed by atoms with Crippen LogP contribution in [0, 0.1) is 0 Å². The van der Waals surface area contributed by atoms with Crippen LogP contribution in [0.4, 0.5) is 17.5 Å². The van der Waals surface area contributed by atoms with Crippen molar-refractivity contribution < 1.29 is 9.84 Å². The van der Waals surface area contributed by atoms with Gasteiger partial charge in [-0.25, -0.2) is 4.98 Å². The zero-order valence-corrected chi connectivity index (χ0v) is 17.6. The lowest BCUT2D eigenvalue weighted by atomic mass is 9.93. The Morgan fingerprint density at radius 3 is 2.47 bits per heavy atom. The molecule has 0 spiro atoms. The van der Waals surface area contributed by atoms with E-state index in [1.54, 1.807) is 13.2 Å². The summed E-state index contributed by atoms with van der Waals surface area (Å²) in [5.74, 6) is 1.86. The minimum atomic E-state index is -0.198. The molecule has 0 saturated heterocycles. The van der Waals surface area contributed by atoms with E-state index in [-0.39, 0.29) is 12.1 Å². The maximum Gasteiger partial charge on any atom is 0.225 e. The van der Waals surface area contributed by atoms with Gasteiger partial charge in [-0.1, -0.05) is 41.9 Å². The predicted octanol–water partition coefficient (Wildman–Crippen LogP) is 5.26. The number of halogens is 1.